The lowest BCUT2D eigenvalue weighted by Crippen LogP contribution is -2.05. The molecule has 0 saturated carbocycles. The minimum atomic E-state index is -2.95. The Balaban J connectivity index is 2.36. The van der Waals surface area contributed by atoms with Crippen molar-refractivity contribution < 1.29 is 23.0 Å². The zero-order chi connectivity index (χ0) is 15.6. The number of rotatable bonds is 4. The average Bonchev–Trinajstić information content (AvgIpc) is 2.41. The molecule has 2 aromatic rings. The Hall–Kier alpha value is -1.72. The first-order chi connectivity index (χ1) is 9.88. The fraction of sp³-hybridized carbons (Fsp3) is 0.200. The minimum absolute atomic E-state index is 0.0609. The molecule has 6 heteroatoms. The Morgan fingerprint density at radius 2 is 1.90 bits per heavy atom. The van der Waals surface area contributed by atoms with Gasteiger partial charge in [0.1, 0.15) is 17.7 Å². The topological polar surface area (TPSA) is 29.5 Å². The molecule has 2 aromatic carbocycles. The van der Waals surface area contributed by atoms with Gasteiger partial charge in [-0.3, -0.25) is 0 Å². The Morgan fingerprint density at radius 1 is 1.19 bits per heavy atom. The van der Waals surface area contributed by atoms with E-state index in [1.165, 1.54) is 37.3 Å². The summed E-state index contributed by atoms with van der Waals surface area (Å²) in [5, 5.41) is 10.4. The number of benzene rings is 2. The third-order valence-corrected chi connectivity index (χ3v) is 3.30. The van der Waals surface area contributed by atoms with Gasteiger partial charge in [-0.2, -0.15) is 8.78 Å². The molecular weight excluding hydrogens is 305 g/mol. The molecule has 0 radical (unpaired) electrons. The van der Waals surface area contributed by atoms with Crippen LogP contribution in [0.2, 0.25) is 5.02 Å². The van der Waals surface area contributed by atoms with Crippen molar-refractivity contribution >= 4 is 11.6 Å². The van der Waals surface area contributed by atoms with Crippen molar-refractivity contribution in [3.8, 4) is 5.75 Å². The maximum absolute atomic E-state index is 13.4. The van der Waals surface area contributed by atoms with Crippen LogP contribution >= 0.6 is 11.6 Å². The molecule has 0 spiro atoms. The number of aliphatic hydroxyl groups excluding tert-OH is 1. The number of aryl methyl sites for hydroxylation is 1. The highest BCUT2D eigenvalue weighted by Gasteiger charge is 2.17. The second-order valence-electron chi connectivity index (χ2n) is 4.48. The molecule has 0 bridgehead atoms. The van der Waals surface area contributed by atoms with E-state index in [-0.39, 0.29) is 10.8 Å². The van der Waals surface area contributed by atoms with Crippen LogP contribution in [0.4, 0.5) is 13.2 Å². The molecule has 2 nitrogen and oxygen atoms in total. The van der Waals surface area contributed by atoms with Crippen LogP contribution in [0.3, 0.4) is 0 Å². The summed E-state index contributed by atoms with van der Waals surface area (Å²) in [5.41, 5.74) is 0.944. The predicted octanol–water partition coefficient (Wildman–Crippen LogP) is 4.47. The fourth-order valence-corrected chi connectivity index (χ4v) is 2.18. The molecule has 0 fully saturated rings. The van der Waals surface area contributed by atoms with Crippen LogP contribution in [0, 0.1) is 12.7 Å². The van der Waals surface area contributed by atoms with E-state index >= 15 is 0 Å². The van der Waals surface area contributed by atoms with Crippen LogP contribution in [0.15, 0.2) is 36.4 Å². The monoisotopic (exact) mass is 316 g/mol. The molecule has 0 aliphatic heterocycles. The van der Waals surface area contributed by atoms with Gasteiger partial charge in [0, 0.05) is 10.6 Å². The molecule has 0 heterocycles. The van der Waals surface area contributed by atoms with E-state index in [1.54, 1.807) is 0 Å². The van der Waals surface area contributed by atoms with Crippen LogP contribution < -0.4 is 4.74 Å². The van der Waals surface area contributed by atoms with Crippen LogP contribution in [-0.2, 0) is 0 Å². The Morgan fingerprint density at radius 3 is 2.57 bits per heavy atom. The SMILES string of the molecule is Cc1cc(C(O)c2cccc(OC(F)F)c2)c(Cl)cc1F. The highest BCUT2D eigenvalue weighted by molar-refractivity contribution is 6.31. The molecular formula is C15H12ClF3O2. The molecule has 0 aromatic heterocycles. The van der Waals surface area contributed by atoms with Crippen molar-refractivity contribution in [3.05, 3.63) is 63.9 Å². The minimum Gasteiger partial charge on any atom is -0.435 e. The van der Waals surface area contributed by atoms with E-state index < -0.39 is 18.5 Å². The molecule has 2 rings (SSSR count). The van der Waals surface area contributed by atoms with Gasteiger partial charge in [0.2, 0.25) is 0 Å². The molecule has 1 atom stereocenters. The van der Waals surface area contributed by atoms with E-state index in [0.29, 0.717) is 16.7 Å². The molecule has 1 N–H and O–H groups in total. The molecule has 0 aliphatic carbocycles. The highest BCUT2D eigenvalue weighted by atomic mass is 35.5. The van der Waals surface area contributed by atoms with E-state index in [9.17, 15) is 18.3 Å². The first kappa shape index (κ1) is 15.7. The van der Waals surface area contributed by atoms with Crippen LogP contribution in [0.5, 0.6) is 5.75 Å². The number of hydrogen-bond donors (Lipinski definition) is 1. The zero-order valence-electron chi connectivity index (χ0n) is 11.0. The third-order valence-electron chi connectivity index (χ3n) is 2.97. The maximum atomic E-state index is 13.4. The van der Waals surface area contributed by atoms with Gasteiger partial charge >= 0.3 is 6.61 Å². The van der Waals surface area contributed by atoms with E-state index in [1.807, 2.05) is 0 Å². The van der Waals surface area contributed by atoms with Gasteiger partial charge in [0.15, 0.2) is 0 Å². The normalized spacial score (nSPS) is 12.5. The van der Waals surface area contributed by atoms with E-state index in [4.69, 9.17) is 11.6 Å². The summed E-state index contributed by atoms with van der Waals surface area (Å²) < 4.78 is 42.0. The quantitative estimate of drug-likeness (QED) is 0.901. The Kier molecular flexibility index (Phi) is 4.75. The lowest BCUT2D eigenvalue weighted by Gasteiger charge is -2.15. The average molecular weight is 317 g/mol. The molecule has 0 amide bonds. The van der Waals surface area contributed by atoms with Crippen LogP contribution in [0.25, 0.3) is 0 Å². The van der Waals surface area contributed by atoms with Crippen molar-refractivity contribution in [1.29, 1.82) is 0 Å². The van der Waals surface area contributed by atoms with Crippen molar-refractivity contribution in [2.45, 2.75) is 19.6 Å². The first-order valence-electron chi connectivity index (χ1n) is 6.07. The van der Waals surface area contributed by atoms with E-state index in [0.717, 1.165) is 6.07 Å². The molecule has 0 aliphatic rings. The van der Waals surface area contributed by atoms with Gasteiger partial charge in [-0.25, -0.2) is 4.39 Å². The molecule has 112 valence electrons. The number of hydrogen-bond acceptors (Lipinski definition) is 2. The van der Waals surface area contributed by atoms with Gasteiger partial charge in [-0.1, -0.05) is 23.7 Å². The van der Waals surface area contributed by atoms with Gasteiger partial charge in [0.05, 0.1) is 0 Å². The van der Waals surface area contributed by atoms with Gasteiger partial charge in [-0.15, -0.1) is 0 Å². The predicted molar refractivity (Wildman–Crippen MR) is 73.3 cm³/mol. The Labute approximate surface area is 124 Å². The number of halogens is 4. The molecule has 0 saturated heterocycles. The van der Waals surface area contributed by atoms with E-state index in [2.05, 4.69) is 4.74 Å². The number of ether oxygens (including phenoxy) is 1. The van der Waals surface area contributed by atoms with Crippen molar-refractivity contribution in [2.75, 3.05) is 0 Å². The van der Waals surface area contributed by atoms with Gasteiger partial charge < -0.3 is 9.84 Å². The Bertz CT molecular complexity index is 647. The van der Waals surface area contributed by atoms with Crippen molar-refractivity contribution in [3.63, 3.8) is 0 Å². The lowest BCUT2D eigenvalue weighted by atomic mass is 9.99. The summed E-state index contributed by atoms with van der Waals surface area (Å²) in [6.07, 6.45) is -1.17. The first-order valence-corrected chi connectivity index (χ1v) is 6.44. The standard InChI is InChI=1S/C15H12ClF3O2/c1-8-5-11(12(16)7-13(8)17)14(20)9-3-2-4-10(6-9)21-15(18)19/h2-7,14-15,20H,1H3. The summed E-state index contributed by atoms with van der Waals surface area (Å²) in [4.78, 5) is 0. The second kappa shape index (κ2) is 6.37. The molecule has 21 heavy (non-hydrogen) atoms. The van der Waals surface area contributed by atoms with Crippen LogP contribution in [0.1, 0.15) is 22.8 Å². The highest BCUT2D eigenvalue weighted by Crippen LogP contribution is 2.31. The third kappa shape index (κ3) is 3.68. The van der Waals surface area contributed by atoms with Gasteiger partial charge in [0.25, 0.3) is 0 Å². The summed E-state index contributed by atoms with van der Waals surface area (Å²) in [6, 6.07) is 8.17. The second-order valence-corrected chi connectivity index (χ2v) is 4.88. The largest absolute Gasteiger partial charge is 0.435 e. The van der Waals surface area contributed by atoms with Crippen molar-refractivity contribution in [2.24, 2.45) is 0 Å². The van der Waals surface area contributed by atoms with Crippen molar-refractivity contribution in [1.82, 2.24) is 0 Å². The summed E-state index contributed by atoms with van der Waals surface area (Å²) >= 11 is 5.92. The maximum Gasteiger partial charge on any atom is 0.387 e. The summed E-state index contributed by atoms with van der Waals surface area (Å²) in [5.74, 6) is -0.553. The summed E-state index contributed by atoms with van der Waals surface area (Å²) in [7, 11) is 0. The molecule has 1 unspecified atom stereocenters. The smallest absolute Gasteiger partial charge is 0.387 e. The zero-order valence-corrected chi connectivity index (χ0v) is 11.7. The summed E-state index contributed by atoms with van der Waals surface area (Å²) in [6.45, 7) is -1.41. The number of aliphatic hydroxyl groups is 1. The fourth-order valence-electron chi connectivity index (χ4n) is 1.93. The lowest BCUT2D eigenvalue weighted by molar-refractivity contribution is -0.0499. The van der Waals surface area contributed by atoms with Gasteiger partial charge in [-0.05, 0) is 42.3 Å². The van der Waals surface area contributed by atoms with Crippen LogP contribution in [-0.4, -0.2) is 11.7 Å². The number of alkyl halides is 2.